The zero-order chi connectivity index (χ0) is 11.2. The molecule has 14 heavy (non-hydrogen) atoms. The molecule has 0 aliphatic carbocycles. The van der Waals surface area contributed by atoms with Gasteiger partial charge >= 0.3 is 5.97 Å². The van der Waals surface area contributed by atoms with Crippen LogP contribution in [0.3, 0.4) is 0 Å². The van der Waals surface area contributed by atoms with E-state index in [4.69, 9.17) is 0 Å². The molecule has 4 nitrogen and oxygen atoms in total. The van der Waals surface area contributed by atoms with Crippen LogP contribution in [0, 0.1) is 5.41 Å². The number of ether oxygens (including phenoxy) is 1. The normalized spacial score (nSPS) is 11.1. The van der Waals surface area contributed by atoms with Crippen LogP contribution in [0.5, 0.6) is 0 Å². The average Bonchev–Trinajstić information content (AvgIpc) is 2.00. The molecule has 0 amide bonds. The fraction of sp³-hybridized carbons (Fsp3) is 0.800. The van der Waals surface area contributed by atoms with E-state index in [9.17, 15) is 9.59 Å². The highest BCUT2D eigenvalue weighted by Gasteiger charge is 2.15. The van der Waals surface area contributed by atoms with Gasteiger partial charge < -0.3 is 10.1 Å². The van der Waals surface area contributed by atoms with Crippen molar-refractivity contribution in [2.24, 2.45) is 5.41 Å². The van der Waals surface area contributed by atoms with E-state index in [1.54, 1.807) is 0 Å². The molecule has 0 saturated heterocycles. The quantitative estimate of drug-likeness (QED) is 0.667. The van der Waals surface area contributed by atoms with Crippen LogP contribution in [0.2, 0.25) is 0 Å². The predicted molar refractivity (Wildman–Crippen MR) is 54.0 cm³/mol. The van der Waals surface area contributed by atoms with Gasteiger partial charge in [-0.3, -0.25) is 9.59 Å². The molecule has 0 rings (SSSR count). The largest absolute Gasteiger partial charge is 0.468 e. The topological polar surface area (TPSA) is 55.4 Å². The molecular formula is C10H19NO3. The number of nitrogens with one attached hydrogen (secondary N) is 1. The number of carbonyl (C=O) groups excluding carboxylic acids is 2. The Morgan fingerprint density at radius 1 is 1.21 bits per heavy atom. The molecule has 82 valence electrons. The Hall–Kier alpha value is -0.900. The lowest BCUT2D eigenvalue weighted by Gasteiger charge is -2.16. The van der Waals surface area contributed by atoms with E-state index in [1.807, 2.05) is 20.8 Å². The van der Waals surface area contributed by atoms with Crippen LogP contribution in [-0.2, 0) is 14.3 Å². The van der Waals surface area contributed by atoms with Crippen molar-refractivity contribution >= 4 is 11.8 Å². The first-order valence-corrected chi connectivity index (χ1v) is 4.64. The summed E-state index contributed by atoms with van der Waals surface area (Å²) in [4.78, 5) is 22.0. The highest BCUT2D eigenvalue weighted by molar-refractivity contribution is 5.81. The zero-order valence-electron chi connectivity index (χ0n) is 9.35. The maximum absolute atomic E-state index is 11.3. The third kappa shape index (κ3) is 7.73. The molecule has 0 aromatic rings. The Kier molecular flexibility index (Phi) is 5.38. The number of ketones is 1. The monoisotopic (exact) mass is 201 g/mol. The lowest BCUT2D eigenvalue weighted by atomic mass is 9.90. The molecule has 0 unspecified atom stereocenters. The second-order valence-electron chi connectivity index (χ2n) is 4.46. The molecule has 0 aromatic heterocycles. The Bertz CT molecular complexity index is 206. The standard InChI is InChI=1S/C10H19NO3/c1-10(2,3)5-8(12)6-11-7-9(13)14-4/h11H,5-7H2,1-4H3. The van der Waals surface area contributed by atoms with Crippen molar-refractivity contribution in [2.45, 2.75) is 27.2 Å². The van der Waals surface area contributed by atoms with Gasteiger partial charge in [-0.25, -0.2) is 0 Å². The van der Waals surface area contributed by atoms with Gasteiger partial charge in [0, 0.05) is 6.42 Å². The predicted octanol–water partition coefficient (Wildman–Crippen LogP) is 0.754. The molecule has 0 atom stereocenters. The SMILES string of the molecule is COC(=O)CNCC(=O)CC(C)(C)C. The number of rotatable bonds is 5. The molecule has 0 bridgehead atoms. The summed E-state index contributed by atoms with van der Waals surface area (Å²) in [7, 11) is 1.32. The van der Waals surface area contributed by atoms with Crippen LogP contribution >= 0.6 is 0 Å². The van der Waals surface area contributed by atoms with Gasteiger partial charge in [0.2, 0.25) is 0 Å². The van der Waals surface area contributed by atoms with E-state index in [0.717, 1.165) is 0 Å². The summed E-state index contributed by atoms with van der Waals surface area (Å²) in [5.74, 6) is -0.241. The van der Waals surface area contributed by atoms with E-state index >= 15 is 0 Å². The van der Waals surface area contributed by atoms with Crippen molar-refractivity contribution in [1.29, 1.82) is 0 Å². The summed E-state index contributed by atoms with van der Waals surface area (Å²) >= 11 is 0. The van der Waals surface area contributed by atoms with Crippen molar-refractivity contribution in [3.8, 4) is 0 Å². The summed E-state index contributed by atoms with van der Waals surface area (Å²) in [6.45, 7) is 6.33. The number of Topliss-reactive ketones (excluding diaryl/α,β-unsaturated/α-hetero) is 1. The van der Waals surface area contributed by atoms with Crippen LogP contribution in [0.4, 0.5) is 0 Å². The van der Waals surface area contributed by atoms with Gasteiger partial charge in [0.1, 0.15) is 5.78 Å². The molecule has 0 heterocycles. The maximum Gasteiger partial charge on any atom is 0.319 e. The van der Waals surface area contributed by atoms with Crippen LogP contribution in [0.25, 0.3) is 0 Å². The second-order valence-corrected chi connectivity index (χ2v) is 4.46. The summed E-state index contributed by atoms with van der Waals surface area (Å²) in [6.07, 6.45) is 0.515. The minimum absolute atomic E-state index is 0.00400. The van der Waals surface area contributed by atoms with Gasteiger partial charge in [-0.05, 0) is 5.41 Å². The number of methoxy groups -OCH3 is 1. The van der Waals surface area contributed by atoms with Crippen LogP contribution < -0.4 is 5.32 Å². The zero-order valence-corrected chi connectivity index (χ0v) is 9.35. The maximum atomic E-state index is 11.3. The Labute approximate surface area is 85.0 Å². The molecule has 1 N–H and O–H groups in total. The third-order valence-electron chi connectivity index (χ3n) is 1.55. The highest BCUT2D eigenvalue weighted by Crippen LogP contribution is 2.18. The van der Waals surface area contributed by atoms with Crippen molar-refractivity contribution in [2.75, 3.05) is 20.2 Å². The van der Waals surface area contributed by atoms with E-state index in [1.165, 1.54) is 7.11 Å². The summed E-state index contributed by atoms with van der Waals surface area (Å²) in [5.41, 5.74) is 0.00400. The highest BCUT2D eigenvalue weighted by atomic mass is 16.5. The van der Waals surface area contributed by atoms with Crippen molar-refractivity contribution in [3.63, 3.8) is 0 Å². The molecule has 0 saturated carbocycles. The lowest BCUT2D eigenvalue weighted by molar-refractivity contribution is -0.139. The summed E-state index contributed by atoms with van der Waals surface area (Å²) in [6, 6.07) is 0. The van der Waals surface area contributed by atoms with Gasteiger partial charge in [0.25, 0.3) is 0 Å². The third-order valence-corrected chi connectivity index (χ3v) is 1.55. The van der Waals surface area contributed by atoms with Crippen LogP contribution in [0.15, 0.2) is 0 Å². The van der Waals surface area contributed by atoms with Crippen molar-refractivity contribution in [1.82, 2.24) is 5.32 Å². The molecule has 0 radical (unpaired) electrons. The molecule has 0 aliphatic heterocycles. The Balaban J connectivity index is 3.60. The Morgan fingerprint density at radius 2 is 1.79 bits per heavy atom. The number of hydrogen-bond acceptors (Lipinski definition) is 4. The fourth-order valence-electron chi connectivity index (χ4n) is 1.03. The van der Waals surface area contributed by atoms with Crippen molar-refractivity contribution in [3.05, 3.63) is 0 Å². The molecule has 0 aromatic carbocycles. The first-order chi connectivity index (χ1) is 6.35. The fourth-order valence-corrected chi connectivity index (χ4v) is 1.03. The van der Waals surface area contributed by atoms with Gasteiger partial charge in [-0.15, -0.1) is 0 Å². The molecule has 4 heteroatoms. The number of esters is 1. The first kappa shape index (κ1) is 13.1. The van der Waals surface area contributed by atoms with Gasteiger partial charge in [-0.2, -0.15) is 0 Å². The van der Waals surface area contributed by atoms with Gasteiger partial charge in [0.05, 0.1) is 20.2 Å². The van der Waals surface area contributed by atoms with Crippen LogP contribution in [-0.4, -0.2) is 32.0 Å². The first-order valence-electron chi connectivity index (χ1n) is 4.64. The smallest absolute Gasteiger partial charge is 0.319 e. The second kappa shape index (κ2) is 5.75. The molecular weight excluding hydrogens is 182 g/mol. The molecule has 0 fully saturated rings. The number of hydrogen-bond donors (Lipinski definition) is 1. The van der Waals surface area contributed by atoms with Gasteiger partial charge in [0.15, 0.2) is 0 Å². The van der Waals surface area contributed by atoms with Crippen LogP contribution in [0.1, 0.15) is 27.2 Å². The molecule has 0 spiro atoms. The molecule has 0 aliphatic rings. The van der Waals surface area contributed by atoms with Gasteiger partial charge in [-0.1, -0.05) is 20.8 Å². The minimum Gasteiger partial charge on any atom is -0.468 e. The van der Waals surface area contributed by atoms with E-state index < -0.39 is 0 Å². The van der Waals surface area contributed by atoms with E-state index in [-0.39, 0.29) is 30.3 Å². The lowest BCUT2D eigenvalue weighted by Crippen LogP contribution is -2.30. The minimum atomic E-state index is -0.353. The number of carbonyl (C=O) groups is 2. The Morgan fingerprint density at radius 3 is 2.21 bits per heavy atom. The van der Waals surface area contributed by atoms with Crippen molar-refractivity contribution < 1.29 is 14.3 Å². The average molecular weight is 201 g/mol. The summed E-state index contributed by atoms with van der Waals surface area (Å²) < 4.78 is 4.42. The van der Waals surface area contributed by atoms with E-state index in [0.29, 0.717) is 6.42 Å². The van der Waals surface area contributed by atoms with E-state index in [2.05, 4.69) is 10.1 Å². The summed E-state index contributed by atoms with van der Waals surface area (Å²) in [5, 5.41) is 2.73.